The summed E-state index contributed by atoms with van der Waals surface area (Å²) in [7, 11) is 0. The summed E-state index contributed by atoms with van der Waals surface area (Å²) in [6.07, 6.45) is 0. The van der Waals surface area contributed by atoms with Crippen molar-refractivity contribution in [2.45, 2.75) is 10.7 Å². The van der Waals surface area contributed by atoms with Gasteiger partial charge in [0, 0.05) is 4.90 Å². The van der Waals surface area contributed by atoms with Gasteiger partial charge < -0.3 is 10.4 Å². The standard InChI is InChI=1S/C13H9F2NO3S2/c14-13(15)21-8-4-2-1-3-7(8)11(17)16-10-6-5-9(20-10)12(18)19/h1-6,13H,(H,16,17)(H,18,19). The van der Waals surface area contributed by atoms with Gasteiger partial charge in [-0.1, -0.05) is 23.9 Å². The molecule has 0 aliphatic rings. The summed E-state index contributed by atoms with van der Waals surface area (Å²) in [5.74, 6) is -4.27. The lowest BCUT2D eigenvalue weighted by molar-refractivity contribution is 0.0702. The van der Waals surface area contributed by atoms with E-state index < -0.39 is 17.6 Å². The van der Waals surface area contributed by atoms with E-state index in [0.717, 1.165) is 11.3 Å². The average Bonchev–Trinajstić information content (AvgIpc) is 2.87. The van der Waals surface area contributed by atoms with Crippen molar-refractivity contribution in [1.82, 2.24) is 0 Å². The number of thioether (sulfide) groups is 1. The number of carboxylic acids is 1. The molecule has 110 valence electrons. The Morgan fingerprint density at radius 2 is 1.90 bits per heavy atom. The van der Waals surface area contributed by atoms with E-state index in [4.69, 9.17) is 5.11 Å². The zero-order valence-electron chi connectivity index (χ0n) is 10.4. The number of hydrogen-bond acceptors (Lipinski definition) is 4. The number of alkyl halides is 2. The minimum absolute atomic E-state index is 0.0838. The van der Waals surface area contributed by atoms with Crippen LogP contribution in [0.4, 0.5) is 13.8 Å². The molecule has 0 saturated heterocycles. The van der Waals surface area contributed by atoms with Crippen molar-refractivity contribution in [2.24, 2.45) is 0 Å². The van der Waals surface area contributed by atoms with Gasteiger partial charge in [-0.15, -0.1) is 11.3 Å². The van der Waals surface area contributed by atoms with Gasteiger partial charge in [-0.3, -0.25) is 4.79 Å². The minimum atomic E-state index is -2.63. The summed E-state index contributed by atoms with van der Waals surface area (Å²) in [5, 5.41) is 11.7. The number of carboxylic acid groups (broad SMARTS) is 1. The van der Waals surface area contributed by atoms with Gasteiger partial charge in [-0.25, -0.2) is 4.79 Å². The molecule has 0 aliphatic heterocycles. The molecule has 0 atom stereocenters. The second kappa shape index (κ2) is 6.68. The molecule has 1 aromatic carbocycles. The first-order valence-corrected chi connectivity index (χ1v) is 7.35. The zero-order valence-corrected chi connectivity index (χ0v) is 12.0. The molecule has 0 spiro atoms. The van der Waals surface area contributed by atoms with E-state index in [0.29, 0.717) is 5.00 Å². The van der Waals surface area contributed by atoms with Gasteiger partial charge in [-0.05, 0) is 24.3 Å². The molecule has 0 fully saturated rings. The molecule has 1 heterocycles. The van der Waals surface area contributed by atoms with Crippen LogP contribution in [0.3, 0.4) is 0 Å². The van der Waals surface area contributed by atoms with E-state index in [9.17, 15) is 18.4 Å². The lowest BCUT2D eigenvalue weighted by Gasteiger charge is -2.08. The third-order valence-corrected chi connectivity index (χ3v) is 4.18. The minimum Gasteiger partial charge on any atom is -0.477 e. The summed E-state index contributed by atoms with van der Waals surface area (Å²) >= 11 is 1.19. The van der Waals surface area contributed by atoms with Crippen molar-refractivity contribution in [3.63, 3.8) is 0 Å². The molecular formula is C13H9F2NO3S2. The third kappa shape index (κ3) is 4.02. The molecule has 2 aromatic rings. The highest BCUT2D eigenvalue weighted by atomic mass is 32.2. The van der Waals surface area contributed by atoms with E-state index >= 15 is 0 Å². The van der Waals surface area contributed by atoms with Crippen molar-refractivity contribution < 1.29 is 23.5 Å². The van der Waals surface area contributed by atoms with E-state index in [2.05, 4.69) is 5.32 Å². The normalized spacial score (nSPS) is 10.6. The van der Waals surface area contributed by atoms with E-state index in [1.807, 2.05) is 0 Å². The Bertz CT molecular complexity index is 673. The van der Waals surface area contributed by atoms with E-state index in [1.54, 1.807) is 12.1 Å². The molecule has 0 bridgehead atoms. The van der Waals surface area contributed by atoms with Gasteiger partial charge in [0.05, 0.1) is 10.6 Å². The number of hydrogen-bond donors (Lipinski definition) is 2. The quantitative estimate of drug-likeness (QED) is 0.813. The van der Waals surface area contributed by atoms with Crippen LogP contribution >= 0.6 is 23.1 Å². The number of aromatic carboxylic acids is 1. The summed E-state index contributed by atoms with van der Waals surface area (Å²) < 4.78 is 24.9. The lowest BCUT2D eigenvalue weighted by Crippen LogP contribution is -2.12. The first kappa shape index (κ1) is 15.5. The van der Waals surface area contributed by atoms with Crippen LogP contribution < -0.4 is 5.32 Å². The molecule has 0 saturated carbocycles. The van der Waals surface area contributed by atoms with Crippen LogP contribution in [-0.2, 0) is 0 Å². The maximum atomic E-state index is 12.5. The predicted molar refractivity (Wildman–Crippen MR) is 77.5 cm³/mol. The van der Waals surface area contributed by atoms with Gasteiger partial charge in [0.15, 0.2) is 0 Å². The number of rotatable bonds is 5. The lowest BCUT2D eigenvalue weighted by atomic mass is 10.2. The molecule has 1 aromatic heterocycles. The fourth-order valence-corrected chi connectivity index (χ4v) is 2.93. The second-order valence-corrected chi connectivity index (χ2v) is 5.91. The number of carbonyl (C=O) groups excluding carboxylic acids is 1. The van der Waals surface area contributed by atoms with Crippen LogP contribution in [0.15, 0.2) is 41.3 Å². The Morgan fingerprint density at radius 1 is 1.19 bits per heavy atom. The average molecular weight is 329 g/mol. The molecule has 0 aliphatic carbocycles. The van der Waals surface area contributed by atoms with Gasteiger partial charge in [0.1, 0.15) is 4.88 Å². The van der Waals surface area contributed by atoms with Crippen LogP contribution in [0.5, 0.6) is 0 Å². The predicted octanol–water partition coefficient (Wildman–Crippen LogP) is 4.01. The number of halogens is 2. The summed E-state index contributed by atoms with van der Waals surface area (Å²) in [4.78, 5) is 23.1. The number of thiophene rings is 1. The smallest absolute Gasteiger partial charge is 0.345 e. The Morgan fingerprint density at radius 3 is 2.52 bits per heavy atom. The molecule has 8 heteroatoms. The van der Waals surface area contributed by atoms with Crippen molar-refractivity contribution in [2.75, 3.05) is 5.32 Å². The zero-order chi connectivity index (χ0) is 15.4. The third-order valence-electron chi connectivity index (χ3n) is 2.40. The first-order chi connectivity index (χ1) is 9.97. The highest BCUT2D eigenvalue weighted by Gasteiger charge is 2.16. The fraction of sp³-hybridized carbons (Fsp3) is 0.0769. The highest BCUT2D eigenvalue weighted by molar-refractivity contribution is 7.99. The number of nitrogens with one attached hydrogen (secondary N) is 1. The van der Waals surface area contributed by atoms with Gasteiger partial charge in [0.25, 0.3) is 11.7 Å². The Labute approximate surface area is 126 Å². The van der Waals surface area contributed by atoms with E-state index in [1.165, 1.54) is 24.3 Å². The van der Waals surface area contributed by atoms with Crippen LogP contribution in [0, 0.1) is 0 Å². The number of carbonyl (C=O) groups is 2. The largest absolute Gasteiger partial charge is 0.477 e. The Hall–Kier alpha value is -1.93. The monoisotopic (exact) mass is 329 g/mol. The molecule has 0 radical (unpaired) electrons. The van der Waals surface area contributed by atoms with Crippen molar-refractivity contribution >= 4 is 40.0 Å². The van der Waals surface area contributed by atoms with Crippen molar-refractivity contribution in [3.8, 4) is 0 Å². The Balaban J connectivity index is 2.18. The van der Waals surface area contributed by atoms with Crippen molar-refractivity contribution in [1.29, 1.82) is 0 Å². The molecule has 0 unspecified atom stereocenters. The molecule has 1 amide bonds. The summed E-state index contributed by atoms with van der Waals surface area (Å²) in [6, 6.07) is 8.82. The van der Waals surface area contributed by atoms with Gasteiger partial charge in [0.2, 0.25) is 0 Å². The van der Waals surface area contributed by atoms with Crippen LogP contribution in [-0.4, -0.2) is 22.7 Å². The van der Waals surface area contributed by atoms with Gasteiger partial charge >= 0.3 is 5.97 Å². The van der Waals surface area contributed by atoms with Crippen LogP contribution in [0.25, 0.3) is 0 Å². The van der Waals surface area contributed by atoms with Gasteiger partial charge in [-0.2, -0.15) is 8.78 Å². The Kier molecular flexibility index (Phi) is 4.92. The molecular weight excluding hydrogens is 320 g/mol. The highest BCUT2D eigenvalue weighted by Crippen LogP contribution is 2.29. The van der Waals surface area contributed by atoms with Crippen LogP contribution in [0.2, 0.25) is 0 Å². The maximum absolute atomic E-state index is 12.5. The fourth-order valence-electron chi connectivity index (χ4n) is 1.55. The van der Waals surface area contributed by atoms with Crippen LogP contribution in [0.1, 0.15) is 20.0 Å². The topological polar surface area (TPSA) is 66.4 Å². The second-order valence-electron chi connectivity index (χ2n) is 3.80. The van der Waals surface area contributed by atoms with E-state index in [-0.39, 0.29) is 27.1 Å². The summed E-state index contributed by atoms with van der Waals surface area (Å²) in [6.45, 7) is 0. The molecule has 4 nitrogen and oxygen atoms in total. The SMILES string of the molecule is O=C(O)c1ccc(NC(=O)c2ccccc2SC(F)F)s1. The number of amides is 1. The first-order valence-electron chi connectivity index (χ1n) is 5.65. The summed E-state index contributed by atoms with van der Waals surface area (Å²) in [5.41, 5.74) is 0.119. The molecule has 2 N–H and O–H groups in total. The van der Waals surface area contributed by atoms with Crippen molar-refractivity contribution in [3.05, 3.63) is 46.8 Å². The number of anilines is 1. The maximum Gasteiger partial charge on any atom is 0.345 e. The molecule has 2 rings (SSSR count). The number of benzene rings is 1. The molecule has 21 heavy (non-hydrogen) atoms.